The van der Waals surface area contributed by atoms with Crippen LogP contribution in [0.4, 0.5) is 4.39 Å². The summed E-state index contributed by atoms with van der Waals surface area (Å²) < 4.78 is 33.6. The smallest absolute Gasteiger partial charge is 0.310 e. The molecule has 1 N–H and O–H groups in total. The first-order valence-electron chi connectivity index (χ1n) is 14.9. The van der Waals surface area contributed by atoms with Gasteiger partial charge in [0.15, 0.2) is 11.5 Å². The van der Waals surface area contributed by atoms with Gasteiger partial charge in [-0.3, -0.25) is 9.69 Å². The van der Waals surface area contributed by atoms with Crippen LogP contribution in [-0.4, -0.2) is 66.7 Å². The van der Waals surface area contributed by atoms with E-state index in [1.807, 2.05) is 53.2 Å². The molecule has 1 aromatic heterocycles. The Hall–Kier alpha value is -4.39. The summed E-state index contributed by atoms with van der Waals surface area (Å²) in [5, 5.41) is 22.0. The fourth-order valence-electron chi connectivity index (χ4n) is 5.88. The highest BCUT2D eigenvalue weighted by Crippen LogP contribution is 2.35. The van der Waals surface area contributed by atoms with Gasteiger partial charge in [0.05, 0.1) is 37.3 Å². The number of alkyl halides is 1. The van der Waals surface area contributed by atoms with E-state index < -0.39 is 12.3 Å². The van der Waals surface area contributed by atoms with Crippen LogP contribution in [0.2, 0.25) is 0 Å². The number of nitriles is 1. The highest BCUT2D eigenvalue weighted by atomic mass is 19.1. The number of benzene rings is 3. The number of ether oxygens (including phenoxy) is 3. The van der Waals surface area contributed by atoms with E-state index in [4.69, 9.17) is 14.2 Å². The van der Waals surface area contributed by atoms with Crippen molar-refractivity contribution in [3.63, 3.8) is 0 Å². The lowest BCUT2D eigenvalue weighted by molar-refractivity contribution is -0.142. The molecule has 2 heterocycles. The second-order valence-corrected chi connectivity index (χ2v) is 11.2. The number of nitrogens with zero attached hydrogens (tertiary/aromatic N) is 3. The first-order valence-corrected chi connectivity index (χ1v) is 14.9. The number of methoxy groups -OCH3 is 1. The predicted molar refractivity (Wildman–Crippen MR) is 165 cm³/mol. The number of hydrogen-bond donors (Lipinski definition) is 1. The molecule has 0 saturated carbocycles. The van der Waals surface area contributed by atoms with Gasteiger partial charge in [-0.15, -0.1) is 0 Å². The van der Waals surface area contributed by atoms with Crippen LogP contribution in [0, 0.1) is 11.3 Å². The molecule has 0 aliphatic carbocycles. The second-order valence-electron chi connectivity index (χ2n) is 11.2. The van der Waals surface area contributed by atoms with Crippen molar-refractivity contribution in [1.29, 1.82) is 5.26 Å². The Balaban J connectivity index is 1.28. The summed E-state index contributed by atoms with van der Waals surface area (Å²) in [6.45, 7) is 3.07. The van der Waals surface area contributed by atoms with Crippen molar-refractivity contribution < 1.29 is 28.5 Å². The zero-order valence-corrected chi connectivity index (χ0v) is 25.2. The molecule has 0 radical (unpaired) electrons. The van der Waals surface area contributed by atoms with Crippen molar-refractivity contribution in [2.75, 3.05) is 40.0 Å². The Bertz CT molecular complexity index is 1620. The van der Waals surface area contributed by atoms with Crippen LogP contribution in [0.1, 0.15) is 42.0 Å². The molecule has 1 saturated heterocycles. The second kappa shape index (κ2) is 13.9. The van der Waals surface area contributed by atoms with Crippen molar-refractivity contribution in [3.05, 3.63) is 95.2 Å². The lowest BCUT2D eigenvalue weighted by Crippen LogP contribution is -2.47. The molecule has 0 bridgehead atoms. The van der Waals surface area contributed by atoms with Crippen molar-refractivity contribution >= 4 is 16.9 Å². The molecule has 3 aromatic carbocycles. The normalized spacial score (nSPS) is 15.4. The molecular weight excluding hydrogens is 561 g/mol. The minimum atomic E-state index is -1.72. The van der Waals surface area contributed by atoms with Gasteiger partial charge in [0.1, 0.15) is 18.4 Å². The van der Waals surface area contributed by atoms with E-state index in [0.29, 0.717) is 61.7 Å². The van der Waals surface area contributed by atoms with Crippen LogP contribution >= 0.6 is 0 Å². The largest absolute Gasteiger partial charge is 0.493 e. The topological polar surface area (TPSA) is 97.0 Å². The number of rotatable bonds is 12. The summed E-state index contributed by atoms with van der Waals surface area (Å²) in [7, 11) is 1.56. The maximum atomic E-state index is 14.8. The Morgan fingerprint density at radius 3 is 2.52 bits per heavy atom. The minimum absolute atomic E-state index is 0.0771. The summed E-state index contributed by atoms with van der Waals surface area (Å²) in [6.07, 6.45) is 3.29. The van der Waals surface area contributed by atoms with Crippen LogP contribution in [-0.2, 0) is 28.1 Å². The Labute approximate surface area is 257 Å². The zero-order valence-electron chi connectivity index (χ0n) is 25.2. The summed E-state index contributed by atoms with van der Waals surface area (Å²) >= 11 is 0. The van der Waals surface area contributed by atoms with Gasteiger partial charge >= 0.3 is 5.97 Å². The van der Waals surface area contributed by atoms with Gasteiger partial charge in [-0.1, -0.05) is 42.5 Å². The first-order chi connectivity index (χ1) is 21.3. The number of β-amino-alcohol motifs (C(OH)–C–C–N with tert-alkyl or cyclic N) is 1. The molecule has 5 rings (SSSR count). The van der Waals surface area contributed by atoms with E-state index in [2.05, 4.69) is 11.0 Å². The fourth-order valence-corrected chi connectivity index (χ4v) is 5.88. The van der Waals surface area contributed by atoms with E-state index in [0.717, 1.165) is 22.0 Å². The summed E-state index contributed by atoms with van der Waals surface area (Å²) in [4.78, 5) is 13.9. The quantitative estimate of drug-likeness (QED) is 0.219. The number of hydrogen-bond acceptors (Lipinski definition) is 7. The van der Waals surface area contributed by atoms with E-state index in [1.165, 1.54) is 0 Å². The molecule has 4 aromatic rings. The average Bonchev–Trinajstić information content (AvgIpc) is 3.41. The van der Waals surface area contributed by atoms with Gasteiger partial charge < -0.3 is 23.9 Å². The average molecular weight is 600 g/mol. The SMILES string of the molecule is CCOC(=O)Cc1ccc(OC2CCN(CC(O)(CF)c3cn(Cc4ccccc4)c4cc(C#N)ccc34)CC2)c(OC)c1. The third kappa shape index (κ3) is 7.04. The van der Waals surface area contributed by atoms with Gasteiger partial charge in [0.25, 0.3) is 0 Å². The molecule has 0 amide bonds. The lowest BCUT2D eigenvalue weighted by atomic mass is 9.92. The summed E-state index contributed by atoms with van der Waals surface area (Å²) in [5.41, 5.74) is 1.93. The number of halogens is 1. The van der Waals surface area contributed by atoms with Crippen molar-refractivity contribution in [2.45, 2.75) is 44.4 Å². The first kappa shape index (κ1) is 31.0. The molecule has 230 valence electrons. The summed E-state index contributed by atoms with van der Waals surface area (Å²) in [5.74, 6) is 0.853. The molecule has 1 aliphatic rings. The van der Waals surface area contributed by atoms with E-state index in [1.54, 1.807) is 38.3 Å². The monoisotopic (exact) mass is 599 g/mol. The Morgan fingerprint density at radius 2 is 1.84 bits per heavy atom. The van der Waals surface area contributed by atoms with Gasteiger partial charge in [0.2, 0.25) is 0 Å². The van der Waals surface area contributed by atoms with Gasteiger partial charge in [0, 0.05) is 43.3 Å². The maximum Gasteiger partial charge on any atom is 0.310 e. The number of carbonyl (C=O) groups is 1. The number of aromatic nitrogens is 1. The van der Waals surface area contributed by atoms with Crippen molar-refractivity contribution in [3.8, 4) is 17.6 Å². The van der Waals surface area contributed by atoms with Crippen LogP contribution in [0.15, 0.2) is 72.9 Å². The van der Waals surface area contributed by atoms with E-state index in [9.17, 15) is 19.6 Å². The molecule has 1 atom stereocenters. The van der Waals surface area contributed by atoms with Gasteiger partial charge in [-0.05, 0) is 55.2 Å². The fraction of sp³-hybridized carbons (Fsp3) is 0.371. The lowest BCUT2D eigenvalue weighted by Gasteiger charge is -2.37. The number of carbonyl (C=O) groups excluding carboxylic acids is 1. The molecule has 1 aliphatic heterocycles. The maximum absolute atomic E-state index is 14.8. The molecule has 8 nitrogen and oxygen atoms in total. The Kier molecular flexibility index (Phi) is 9.83. The van der Waals surface area contributed by atoms with Crippen molar-refractivity contribution in [1.82, 2.24) is 9.47 Å². The highest BCUT2D eigenvalue weighted by Gasteiger charge is 2.36. The van der Waals surface area contributed by atoms with Crippen molar-refractivity contribution in [2.24, 2.45) is 0 Å². The summed E-state index contributed by atoms with van der Waals surface area (Å²) in [6, 6.07) is 22.8. The number of piperidine rings is 1. The molecule has 44 heavy (non-hydrogen) atoms. The van der Waals surface area contributed by atoms with E-state index in [-0.39, 0.29) is 25.0 Å². The Morgan fingerprint density at radius 1 is 1.07 bits per heavy atom. The molecule has 9 heteroatoms. The van der Waals surface area contributed by atoms with Crippen LogP contribution in [0.25, 0.3) is 10.9 Å². The van der Waals surface area contributed by atoms with Gasteiger partial charge in [-0.2, -0.15) is 5.26 Å². The number of fused-ring (bicyclic) bond motifs is 1. The van der Waals surface area contributed by atoms with Gasteiger partial charge in [-0.25, -0.2) is 4.39 Å². The van der Waals surface area contributed by atoms with E-state index >= 15 is 0 Å². The highest BCUT2D eigenvalue weighted by molar-refractivity contribution is 5.86. The molecule has 1 unspecified atom stereocenters. The predicted octanol–water partition coefficient (Wildman–Crippen LogP) is 5.38. The standard InChI is InChI=1S/C35H38FN3O5/c1-3-43-34(40)19-26-10-12-32(33(18-26)42-2)44-28-13-15-38(16-14-28)24-35(41,23-36)30-22-39(21-25-7-5-4-6-8-25)31-17-27(20-37)9-11-29(30)31/h4-12,17-18,22,28,41H,3,13-16,19,21,23-24H2,1-2H3. The van der Waals surface area contributed by atoms with Crippen LogP contribution < -0.4 is 9.47 Å². The molecule has 1 fully saturated rings. The van der Waals surface area contributed by atoms with Crippen LogP contribution in [0.3, 0.4) is 0 Å². The molecule has 0 spiro atoms. The minimum Gasteiger partial charge on any atom is -0.493 e. The number of likely N-dealkylation sites (tertiary alicyclic amines) is 1. The number of aliphatic hydroxyl groups is 1. The van der Waals surface area contributed by atoms with Crippen LogP contribution in [0.5, 0.6) is 11.5 Å². The third-order valence-electron chi connectivity index (χ3n) is 8.12. The zero-order chi connectivity index (χ0) is 31.1. The molecular formula is C35H38FN3O5. The number of esters is 1. The third-order valence-corrected chi connectivity index (χ3v) is 8.12.